The minimum absolute atomic E-state index is 0.822. The van der Waals surface area contributed by atoms with Crippen LogP contribution in [0.3, 0.4) is 0 Å². The molecule has 2 heterocycles. The van der Waals surface area contributed by atoms with Crippen LogP contribution in [0.2, 0.25) is 0 Å². The zero-order valence-electron chi connectivity index (χ0n) is 18.5. The van der Waals surface area contributed by atoms with Gasteiger partial charge in [-0.2, -0.15) is 0 Å². The normalized spacial score (nSPS) is 12.0. The quantitative estimate of drug-likeness (QED) is 0.282. The molecular weight excluding hydrogens is 376 g/mol. The smallest absolute Gasteiger partial charge is 0.0993 e. The highest BCUT2D eigenvalue weighted by atomic mass is 15.2. The molecule has 0 spiro atoms. The molecule has 0 saturated heterocycles. The molecule has 0 unspecified atom stereocenters. The Hall–Kier alpha value is -3.52. The number of aryl methyl sites for hydroxylation is 2. The highest BCUT2D eigenvalue weighted by Gasteiger charge is 2.16. The zero-order chi connectivity index (χ0) is 21.3. The van der Waals surface area contributed by atoms with Crippen molar-refractivity contribution in [2.75, 3.05) is 0 Å². The summed E-state index contributed by atoms with van der Waals surface area (Å²) in [5.74, 6) is 0. The van der Waals surface area contributed by atoms with Crippen LogP contribution in [-0.2, 0) is 6.67 Å². The molecule has 0 bridgehead atoms. The lowest BCUT2D eigenvalue weighted by molar-refractivity contribution is 0.617. The van der Waals surface area contributed by atoms with Crippen LogP contribution in [0.25, 0.3) is 43.4 Å². The lowest BCUT2D eigenvalue weighted by Gasteiger charge is -2.14. The van der Waals surface area contributed by atoms with Crippen molar-refractivity contribution >= 4 is 43.4 Å². The molecule has 0 saturated carbocycles. The summed E-state index contributed by atoms with van der Waals surface area (Å²) in [5, 5.41) is 7.91. The second-order valence-corrected chi connectivity index (χ2v) is 8.85. The lowest BCUT2D eigenvalue weighted by atomic mass is 10.1. The highest BCUT2D eigenvalue weighted by Crippen LogP contribution is 2.33. The average molecular weight is 403 g/mol. The predicted molar refractivity (Wildman–Crippen MR) is 133 cm³/mol. The first kappa shape index (κ1) is 18.3. The molecule has 0 aliphatic heterocycles. The van der Waals surface area contributed by atoms with Crippen LogP contribution < -0.4 is 0 Å². The Labute approximate surface area is 182 Å². The summed E-state index contributed by atoms with van der Waals surface area (Å²) in [6.07, 6.45) is 0. The van der Waals surface area contributed by atoms with Gasteiger partial charge >= 0.3 is 0 Å². The Kier molecular flexibility index (Phi) is 3.82. The van der Waals surface area contributed by atoms with E-state index in [1.54, 1.807) is 0 Å². The van der Waals surface area contributed by atoms with Gasteiger partial charge in [0.25, 0.3) is 0 Å². The van der Waals surface area contributed by atoms with Crippen molar-refractivity contribution in [3.63, 3.8) is 0 Å². The van der Waals surface area contributed by atoms with Crippen molar-refractivity contribution in [2.45, 2.75) is 34.4 Å². The van der Waals surface area contributed by atoms with E-state index in [0.29, 0.717) is 0 Å². The molecular formula is C29H26N2. The summed E-state index contributed by atoms with van der Waals surface area (Å²) in [4.78, 5) is 0. The summed E-state index contributed by atoms with van der Waals surface area (Å²) in [7, 11) is 0. The maximum Gasteiger partial charge on any atom is 0.0993 e. The van der Waals surface area contributed by atoms with Crippen LogP contribution in [0.5, 0.6) is 0 Å². The fraction of sp³-hybridized carbons (Fsp3) is 0.172. The Balaban J connectivity index is 1.62. The van der Waals surface area contributed by atoms with Gasteiger partial charge < -0.3 is 9.13 Å². The van der Waals surface area contributed by atoms with Gasteiger partial charge in [0.15, 0.2) is 0 Å². The standard InChI is InChI=1S/C29H26N2/c1-18-20(3)30(28-15-24-11-7-5-9-22(24)13-26(18)28)17-31-21(4)19(2)27-14-23-10-6-8-12-25(23)16-29(27)31/h5-16H,17H2,1-4H3. The maximum atomic E-state index is 2.48. The van der Waals surface area contributed by atoms with Crippen molar-refractivity contribution in [3.05, 3.63) is 95.3 Å². The van der Waals surface area contributed by atoms with E-state index in [4.69, 9.17) is 0 Å². The fourth-order valence-electron chi connectivity index (χ4n) is 5.17. The topological polar surface area (TPSA) is 9.86 Å². The highest BCUT2D eigenvalue weighted by molar-refractivity contribution is 6.00. The monoisotopic (exact) mass is 402 g/mol. The molecule has 0 radical (unpaired) electrons. The summed E-state index contributed by atoms with van der Waals surface area (Å²) >= 11 is 0. The number of benzene rings is 4. The summed E-state index contributed by atoms with van der Waals surface area (Å²) in [6, 6.07) is 26.7. The second kappa shape index (κ2) is 6.49. The van der Waals surface area contributed by atoms with Gasteiger partial charge in [-0.3, -0.25) is 0 Å². The summed E-state index contributed by atoms with van der Waals surface area (Å²) in [6.45, 7) is 9.83. The van der Waals surface area contributed by atoms with Gasteiger partial charge in [0.1, 0.15) is 0 Å². The molecule has 152 valence electrons. The summed E-state index contributed by atoms with van der Waals surface area (Å²) in [5.41, 5.74) is 8.05. The first-order chi connectivity index (χ1) is 15.0. The molecule has 2 heteroatoms. The van der Waals surface area contributed by atoms with Gasteiger partial charge in [-0.15, -0.1) is 0 Å². The predicted octanol–water partition coefficient (Wildman–Crippen LogP) is 7.64. The molecule has 0 N–H and O–H groups in total. The van der Waals surface area contributed by atoms with Crippen molar-refractivity contribution in [3.8, 4) is 0 Å². The molecule has 0 aliphatic rings. The van der Waals surface area contributed by atoms with Crippen molar-refractivity contribution in [1.29, 1.82) is 0 Å². The van der Waals surface area contributed by atoms with Crippen LogP contribution in [-0.4, -0.2) is 9.13 Å². The van der Waals surface area contributed by atoms with Gasteiger partial charge in [0, 0.05) is 22.2 Å². The number of aromatic nitrogens is 2. The summed E-state index contributed by atoms with van der Waals surface area (Å²) < 4.78 is 4.97. The first-order valence-electron chi connectivity index (χ1n) is 11.0. The van der Waals surface area contributed by atoms with E-state index in [1.807, 2.05) is 0 Å². The minimum Gasteiger partial charge on any atom is -0.326 e. The number of hydrogen-bond acceptors (Lipinski definition) is 0. The fourth-order valence-corrected chi connectivity index (χ4v) is 5.17. The van der Waals surface area contributed by atoms with Crippen LogP contribution in [0.4, 0.5) is 0 Å². The van der Waals surface area contributed by atoms with Crippen LogP contribution >= 0.6 is 0 Å². The van der Waals surface area contributed by atoms with E-state index in [2.05, 4.69) is 110 Å². The van der Waals surface area contributed by atoms with Gasteiger partial charge in [-0.25, -0.2) is 0 Å². The number of nitrogens with zero attached hydrogens (tertiary/aromatic N) is 2. The number of hydrogen-bond donors (Lipinski definition) is 0. The molecule has 31 heavy (non-hydrogen) atoms. The zero-order valence-corrected chi connectivity index (χ0v) is 18.5. The lowest BCUT2D eigenvalue weighted by Crippen LogP contribution is -2.11. The number of rotatable bonds is 2. The van der Waals surface area contributed by atoms with Crippen molar-refractivity contribution < 1.29 is 0 Å². The Morgan fingerprint density at radius 3 is 1.26 bits per heavy atom. The van der Waals surface area contributed by atoms with E-state index in [0.717, 1.165) is 6.67 Å². The molecule has 4 aromatic carbocycles. The van der Waals surface area contributed by atoms with E-state index in [1.165, 1.54) is 65.9 Å². The molecule has 2 nitrogen and oxygen atoms in total. The molecule has 0 atom stereocenters. The Bertz CT molecular complexity index is 1520. The van der Waals surface area contributed by atoms with E-state index in [-0.39, 0.29) is 0 Å². The SMILES string of the molecule is Cc1c(C)n(Cn2c(C)c(C)c3cc4ccccc4cc32)c2cc3ccccc3cc12. The molecule has 6 aromatic rings. The van der Waals surface area contributed by atoms with Crippen LogP contribution in [0, 0.1) is 27.7 Å². The Morgan fingerprint density at radius 1 is 0.516 bits per heavy atom. The van der Waals surface area contributed by atoms with Crippen molar-refractivity contribution in [1.82, 2.24) is 9.13 Å². The second-order valence-electron chi connectivity index (χ2n) is 8.85. The first-order valence-corrected chi connectivity index (χ1v) is 11.0. The van der Waals surface area contributed by atoms with Crippen molar-refractivity contribution in [2.24, 2.45) is 0 Å². The largest absolute Gasteiger partial charge is 0.326 e. The molecule has 0 amide bonds. The van der Waals surface area contributed by atoms with E-state index < -0.39 is 0 Å². The third-order valence-electron chi connectivity index (χ3n) is 7.30. The molecule has 2 aromatic heterocycles. The van der Waals surface area contributed by atoms with Gasteiger partial charge in [-0.1, -0.05) is 48.5 Å². The molecule has 0 fully saturated rings. The van der Waals surface area contributed by atoms with E-state index >= 15 is 0 Å². The number of fused-ring (bicyclic) bond motifs is 4. The van der Waals surface area contributed by atoms with E-state index in [9.17, 15) is 0 Å². The van der Waals surface area contributed by atoms with Crippen LogP contribution in [0.15, 0.2) is 72.8 Å². The maximum absolute atomic E-state index is 2.48. The van der Waals surface area contributed by atoms with Gasteiger partial charge in [0.2, 0.25) is 0 Å². The average Bonchev–Trinajstić information content (AvgIpc) is 3.16. The minimum atomic E-state index is 0.822. The third-order valence-corrected chi connectivity index (χ3v) is 7.30. The Morgan fingerprint density at radius 2 is 0.871 bits per heavy atom. The van der Waals surface area contributed by atoms with Crippen LogP contribution in [0.1, 0.15) is 22.5 Å². The van der Waals surface area contributed by atoms with Gasteiger partial charge in [0.05, 0.1) is 17.7 Å². The molecule has 6 rings (SSSR count). The third kappa shape index (κ3) is 2.58. The molecule has 0 aliphatic carbocycles. The van der Waals surface area contributed by atoms with Gasteiger partial charge in [-0.05, 0) is 84.6 Å².